The Balaban J connectivity index is 2.00. The normalized spacial score (nSPS) is 34.4. The highest BCUT2D eigenvalue weighted by molar-refractivity contribution is 5.90. The van der Waals surface area contributed by atoms with E-state index in [2.05, 4.69) is 13.8 Å². The molecule has 1 heterocycles. The lowest BCUT2D eigenvalue weighted by Crippen LogP contribution is -2.40. The van der Waals surface area contributed by atoms with Gasteiger partial charge in [0.15, 0.2) is 5.78 Å². The standard InChI is InChI=1S/C14H22O2/c1-11(2)8-12-4-3-6-14(9-12)10-13(15)5-7-16-14/h5,7,11-12H,3-4,6,8-10H2,1-2H3. The molecule has 1 aliphatic carbocycles. The predicted octanol–water partition coefficient (Wildman–Crippen LogP) is 3.46. The first-order chi connectivity index (χ1) is 7.60. The summed E-state index contributed by atoms with van der Waals surface area (Å²) in [5.74, 6) is 1.72. The average molecular weight is 222 g/mol. The predicted molar refractivity (Wildman–Crippen MR) is 64.0 cm³/mol. The Morgan fingerprint density at radius 3 is 3.06 bits per heavy atom. The highest BCUT2D eigenvalue weighted by Gasteiger charge is 2.40. The fourth-order valence-corrected chi connectivity index (χ4v) is 3.25. The van der Waals surface area contributed by atoms with Crippen molar-refractivity contribution >= 4 is 5.78 Å². The van der Waals surface area contributed by atoms with Crippen molar-refractivity contribution in [3.05, 3.63) is 12.3 Å². The van der Waals surface area contributed by atoms with E-state index in [1.165, 1.54) is 19.3 Å². The summed E-state index contributed by atoms with van der Waals surface area (Å²) < 4.78 is 5.79. The number of rotatable bonds is 2. The third-order valence-corrected chi connectivity index (χ3v) is 3.78. The van der Waals surface area contributed by atoms with Crippen molar-refractivity contribution in [2.75, 3.05) is 0 Å². The van der Waals surface area contributed by atoms with Crippen molar-refractivity contribution in [1.82, 2.24) is 0 Å². The van der Waals surface area contributed by atoms with Gasteiger partial charge in [0.2, 0.25) is 0 Å². The van der Waals surface area contributed by atoms with Gasteiger partial charge in [0.25, 0.3) is 0 Å². The van der Waals surface area contributed by atoms with Crippen LogP contribution in [0.1, 0.15) is 52.4 Å². The number of ketones is 1. The second-order valence-corrected chi connectivity index (χ2v) is 5.84. The molecule has 2 atom stereocenters. The number of hydrogen-bond donors (Lipinski definition) is 0. The molecular formula is C14H22O2. The molecule has 2 rings (SSSR count). The van der Waals surface area contributed by atoms with Crippen LogP contribution in [0.25, 0.3) is 0 Å². The molecular weight excluding hydrogens is 200 g/mol. The minimum absolute atomic E-state index is 0.149. The second kappa shape index (κ2) is 4.60. The molecule has 2 heteroatoms. The maximum Gasteiger partial charge on any atom is 0.162 e. The quantitative estimate of drug-likeness (QED) is 0.715. The van der Waals surface area contributed by atoms with Gasteiger partial charge >= 0.3 is 0 Å². The van der Waals surface area contributed by atoms with Gasteiger partial charge in [-0.3, -0.25) is 4.79 Å². The van der Waals surface area contributed by atoms with Gasteiger partial charge in [0.05, 0.1) is 12.7 Å². The van der Waals surface area contributed by atoms with Crippen molar-refractivity contribution in [3.63, 3.8) is 0 Å². The highest BCUT2D eigenvalue weighted by Crippen LogP contribution is 2.41. The van der Waals surface area contributed by atoms with E-state index in [0.717, 1.165) is 24.7 Å². The monoisotopic (exact) mass is 222 g/mol. The highest BCUT2D eigenvalue weighted by atomic mass is 16.5. The number of carbonyl (C=O) groups is 1. The zero-order chi connectivity index (χ0) is 11.6. The molecule has 2 nitrogen and oxygen atoms in total. The SMILES string of the molecule is CC(C)CC1CCCC2(CC(=O)C=CO2)C1. The van der Waals surface area contributed by atoms with Crippen LogP contribution in [0, 0.1) is 11.8 Å². The van der Waals surface area contributed by atoms with Gasteiger partial charge in [-0.2, -0.15) is 0 Å². The summed E-state index contributed by atoms with van der Waals surface area (Å²) in [6.45, 7) is 4.54. The molecule has 0 saturated heterocycles. The largest absolute Gasteiger partial charge is 0.494 e. The summed E-state index contributed by atoms with van der Waals surface area (Å²) in [6.07, 6.45) is 9.68. The van der Waals surface area contributed by atoms with Crippen LogP contribution in [-0.4, -0.2) is 11.4 Å². The lowest BCUT2D eigenvalue weighted by molar-refractivity contribution is -0.125. The first-order valence-electron chi connectivity index (χ1n) is 6.47. The minimum atomic E-state index is -0.149. The van der Waals surface area contributed by atoms with Crippen LogP contribution in [0.2, 0.25) is 0 Å². The molecule has 0 aromatic heterocycles. The van der Waals surface area contributed by atoms with Gasteiger partial charge in [-0.05, 0) is 37.5 Å². The number of carbonyl (C=O) groups excluding carboxylic acids is 1. The molecule has 2 aliphatic rings. The van der Waals surface area contributed by atoms with Crippen LogP contribution in [-0.2, 0) is 9.53 Å². The first kappa shape index (κ1) is 11.7. The van der Waals surface area contributed by atoms with Crippen LogP contribution in [0.4, 0.5) is 0 Å². The van der Waals surface area contributed by atoms with Crippen molar-refractivity contribution in [3.8, 4) is 0 Å². The minimum Gasteiger partial charge on any atom is -0.494 e. The molecule has 0 aromatic rings. The Morgan fingerprint density at radius 1 is 1.56 bits per heavy atom. The van der Waals surface area contributed by atoms with Crippen molar-refractivity contribution in [1.29, 1.82) is 0 Å². The number of hydrogen-bond acceptors (Lipinski definition) is 2. The molecule has 0 bridgehead atoms. The first-order valence-corrected chi connectivity index (χ1v) is 6.47. The Morgan fingerprint density at radius 2 is 2.38 bits per heavy atom. The van der Waals surface area contributed by atoms with Gasteiger partial charge in [0.1, 0.15) is 5.60 Å². The fraction of sp³-hybridized carbons (Fsp3) is 0.786. The third-order valence-electron chi connectivity index (χ3n) is 3.78. The van der Waals surface area contributed by atoms with E-state index in [4.69, 9.17) is 4.74 Å². The molecule has 90 valence electrons. The fourth-order valence-electron chi connectivity index (χ4n) is 3.25. The molecule has 1 aliphatic heterocycles. The van der Waals surface area contributed by atoms with Crippen LogP contribution in [0.3, 0.4) is 0 Å². The van der Waals surface area contributed by atoms with Gasteiger partial charge in [-0.25, -0.2) is 0 Å². The lowest BCUT2D eigenvalue weighted by atomic mass is 9.72. The zero-order valence-corrected chi connectivity index (χ0v) is 10.4. The van der Waals surface area contributed by atoms with E-state index in [1.807, 2.05) is 0 Å². The van der Waals surface area contributed by atoms with E-state index < -0.39 is 0 Å². The lowest BCUT2D eigenvalue weighted by Gasteiger charge is -2.41. The van der Waals surface area contributed by atoms with Crippen molar-refractivity contribution in [2.24, 2.45) is 11.8 Å². The van der Waals surface area contributed by atoms with E-state index >= 15 is 0 Å². The van der Waals surface area contributed by atoms with Gasteiger partial charge in [-0.1, -0.05) is 20.3 Å². The topological polar surface area (TPSA) is 26.3 Å². The Bertz CT molecular complexity index is 293. The summed E-state index contributed by atoms with van der Waals surface area (Å²) in [5.41, 5.74) is -0.149. The molecule has 16 heavy (non-hydrogen) atoms. The molecule has 0 amide bonds. The molecule has 0 N–H and O–H groups in total. The van der Waals surface area contributed by atoms with E-state index in [9.17, 15) is 4.79 Å². The van der Waals surface area contributed by atoms with Gasteiger partial charge in [-0.15, -0.1) is 0 Å². The van der Waals surface area contributed by atoms with E-state index in [1.54, 1.807) is 12.3 Å². The molecule has 2 unspecified atom stereocenters. The Labute approximate surface area is 98.1 Å². The summed E-state index contributed by atoms with van der Waals surface area (Å²) >= 11 is 0. The molecule has 1 fully saturated rings. The van der Waals surface area contributed by atoms with Gasteiger partial charge in [0, 0.05) is 6.08 Å². The number of allylic oxidation sites excluding steroid dienone is 1. The summed E-state index contributed by atoms with van der Waals surface area (Å²) in [6, 6.07) is 0. The van der Waals surface area contributed by atoms with Crippen LogP contribution in [0.15, 0.2) is 12.3 Å². The maximum atomic E-state index is 11.5. The van der Waals surface area contributed by atoms with Gasteiger partial charge < -0.3 is 4.74 Å². The maximum absolute atomic E-state index is 11.5. The van der Waals surface area contributed by atoms with E-state index in [-0.39, 0.29) is 11.4 Å². The van der Waals surface area contributed by atoms with Crippen LogP contribution < -0.4 is 0 Å². The van der Waals surface area contributed by atoms with Crippen LogP contribution >= 0.6 is 0 Å². The smallest absolute Gasteiger partial charge is 0.162 e. The molecule has 0 radical (unpaired) electrons. The van der Waals surface area contributed by atoms with Crippen molar-refractivity contribution < 1.29 is 9.53 Å². The number of ether oxygens (including phenoxy) is 1. The summed E-state index contributed by atoms with van der Waals surface area (Å²) in [5, 5.41) is 0. The van der Waals surface area contributed by atoms with E-state index in [0.29, 0.717) is 6.42 Å². The molecule has 1 saturated carbocycles. The van der Waals surface area contributed by atoms with Crippen LogP contribution in [0.5, 0.6) is 0 Å². The third kappa shape index (κ3) is 2.66. The second-order valence-electron chi connectivity index (χ2n) is 5.84. The summed E-state index contributed by atoms with van der Waals surface area (Å²) in [4.78, 5) is 11.5. The Kier molecular flexibility index (Phi) is 3.36. The molecule has 0 aromatic carbocycles. The van der Waals surface area contributed by atoms with Crippen molar-refractivity contribution in [2.45, 2.75) is 58.0 Å². The average Bonchev–Trinajstić information content (AvgIpc) is 2.15. The molecule has 1 spiro atoms. The Hall–Kier alpha value is -0.790. The summed E-state index contributed by atoms with van der Waals surface area (Å²) in [7, 11) is 0. The zero-order valence-electron chi connectivity index (χ0n) is 10.4.